The first-order valence-corrected chi connectivity index (χ1v) is 5.68. The van der Waals surface area contributed by atoms with Gasteiger partial charge in [-0.25, -0.2) is 0 Å². The van der Waals surface area contributed by atoms with E-state index in [0.29, 0.717) is 11.1 Å². The van der Waals surface area contributed by atoms with Crippen LogP contribution in [0.2, 0.25) is 5.02 Å². The Labute approximate surface area is 93.8 Å². The molecule has 2 heterocycles. The van der Waals surface area contributed by atoms with Crippen LogP contribution in [0, 0.1) is 5.92 Å². The van der Waals surface area contributed by atoms with Crippen LogP contribution in [0.3, 0.4) is 0 Å². The number of ether oxygens (including phenoxy) is 1. The van der Waals surface area contributed by atoms with Crippen LogP contribution in [0.15, 0.2) is 18.5 Å². The standard InChI is InChI=1S/C11H13ClN2O/c12-8-3-10(5-13-4-8)15-6-9-1-7-2-11(7)14-9/h3-5,7,9,11,14H,1-2,6H2. The molecule has 1 aromatic heterocycles. The molecule has 3 unspecified atom stereocenters. The largest absolute Gasteiger partial charge is 0.490 e. The minimum Gasteiger partial charge on any atom is -0.490 e. The molecule has 15 heavy (non-hydrogen) atoms. The molecule has 1 N–H and O–H groups in total. The zero-order chi connectivity index (χ0) is 10.3. The van der Waals surface area contributed by atoms with Crippen LogP contribution in [0.25, 0.3) is 0 Å². The van der Waals surface area contributed by atoms with Gasteiger partial charge in [0.25, 0.3) is 0 Å². The summed E-state index contributed by atoms with van der Waals surface area (Å²) in [4.78, 5) is 3.98. The maximum absolute atomic E-state index is 5.81. The molecule has 1 aromatic rings. The fourth-order valence-electron chi connectivity index (χ4n) is 2.23. The highest BCUT2D eigenvalue weighted by Gasteiger charge is 2.45. The fourth-order valence-corrected chi connectivity index (χ4v) is 2.40. The quantitative estimate of drug-likeness (QED) is 0.851. The molecular weight excluding hydrogens is 212 g/mol. The van der Waals surface area contributed by atoms with E-state index in [1.165, 1.54) is 12.8 Å². The van der Waals surface area contributed by atoms with Crippen molar-refractivity contribution >= 4 is 11.6 Å². The van der Waals surface area contributed by atoms with Gasteiger partial charge in [0, 0.05) is 24.3 Å². The van der Waals surface area contributed by atoms with Crippen molar-refractivity contribution < 1.29 is 4.74 Å². The van der Waals surface area contributed by atoms with Gasteiger partial charge in [-0.3, -0.25) is 4.98 Å². The molecule has 4 heteroatoms. The molecule has 3 atom stereocenters. The molecule has 0 bridgehead atoms. The topological polar surface area (TPSA) is 34.1 Å². The van der Waals surface area contributed by atoms with Crippen molar-refractivity contribution in [2.24, 2.45) is 5.92 Å². The average molecular weight is 225 g/mol. The lowest BCUT2D eigenvalue weighted by molar-refractivity contribution is 0.267. The lowest BCUT2D eigenvalue weighted by Crippen LogP contribution is -2.31. The average Bonchev–Trinajstić information content (AvgIpc) is 2.84. The second kappa shape index (κ2) is 3.65. The van der Waals surface area contributed by atoms with Crippen molar-refractivity contribution in [3.8, 4) is 5.75 Å². The third kappa shape index (κ3) is 2.08. The number of piperidine rings is 1. The van der Waals surface area contributed by atoms with Gasteiger partial charge in [0.1, 0.15) is 12.4 Å². The van der Waals surface area contributed by atoms with E-state index >= 15 is 0 Å². The number of hydrogen-bond acceptors (Lipinski definition) is 3. The Morgan fingerprint density at radius 1 is 1.47 bits per heavy atom. The molecule has 2 fully saturated rings. The molecule has 1 aliphatic carbocycles. The third-order valence-electron chi connectivity index (χ3n) is 3.09. The van der Waals surface area contributed by atoms with Crippen LogP contribution in [-0.4, -0.2) is 23.7 Å². The highest BCUT2D eigenvalue weighted by atomic mass is 35.5. The first kappa shape index (κ1) is 9.43. The van der Waals surface area contributed by atoms with Crippen molar-refractivity contribution in [2.45, 2.75) is 24.9 Å². The monoisotopic (exact) mass is 224 g/mol. The molecule has 80 valence electrons. The molecule has 0 radical (unpaired) electrons. The summed E-state index contributed by atoms with van der Waals surface area (Å²) in [6.07, 6.45) is 5.91. The minimum absolute atomic E-state index is 0.507. The van der Waals surface area contributed by atoms with Gasteiger partial charge in [0.15, 0.2) is 0 Å². The predicted molar refractivity (Wildman–Crippen MR) is 58.2 cm³/mol. The second-order valence-electron chi connectivity index (χ2n) is 4.35. The summed E-state index contributed by atoms with van der Waals surface area (Å²) in [6.45, 7) is 0.717. The maximum atomic E-state index is 5.81. The molecule has 1 saturated carbocycles. The normalized spacial score (nSPS) is 32.5. The summed E-state index contributed by atoms with van der Waals surface area (Å²) in [5.41, 5.74) is 0. The van der Waals surface area contributed by atoms with E-state index in [0.717, 1.165) is 24.3 Å². The van der Waals surface area contributed by atoms with Crippen molar-refractivity contribution in [2.75, 3.05) is 6.61 Å². The van der Waals surface area contributed by atoms with E-state index in [9.17, 15) is 0 Å². The number of pyridine rings is 1. The molecule has 0 amide bonds. The number of hydrogen-bond donors (Lipinski definition) is 1. The van der Waals surface area contributed by atoms with Crippen LogP contribution < -0.4 is 10.1 Å². The lowest BCUT2D eigenvalue weighted by atomic mass is 10.2. The summed E-state index contributed by atoms with van der Waals surface area (Å²) in [6, 6.07) is 3.08. The van der Waals surface area contributed by atoms with Gasteiger partial charge in [0.05, 0.1) is 11.2 Å². The molecule has 3 rings (SSSR count). The SMILES string of the molecule is Clc1cncc(OCC2CC3CC3N2)c1. The van der Waals surface area contributed by atoms with Crippen LogP contribution in [0.4, 0.5) is 0 Å². The first-order valence-electron chi connectivity index (χ1n) is 5.30. The minimum atomic E-state index is 0.507. The highest BCUT2D eigenvalue weighted by molar-refractivity contribution is 6.30. The fraction of sp³-hybridized carbons (Fsp3) is 0.545. The van der Waals surface area contributed by atoms with E-state index in [-0.39, 0.29) is 0 Å². The zero-order valence-electron chi connectivity index (χ0n) is 8.32. The number of aromatic nitrogens is 1. The summed E-state index contributed by atoms with van der Waals surface area (Å²) in [5.74, 6) is 1.67. The molecular formula is C11H13ClN2O. The van der Waals surface area contributed by atoms with Crippen molar-refractivity contribution in [1.29, 1.82) is 0 Å². The van der Waals surface area contributed by atoms with Crippen LogP contribution >= 0.6 is 11.6 Å². The van der Waals surface area contributed by atoms with E-state index < -0.39 is 0 Å². The molecule has 1 saturated heterocycles. The molecule has 2 aliphatic rings. The van der Waals surface area contributed by atoms with E-state index in [4.69, 9.17) is 16.3 Å². The van der Waals surface area contributed by atoms with E-state index in [2.05, 4.69) is 10.3 Å². The van der Waals surface area contributed by atoms with Gasteiger partial charge in [-0.1, -0.05) is 11.6 Å². The van der Waals surface area contributed by atoms with E-state index in [1.807, 2.05) is 0 Å². The van der Waals surface area contributed by atoms with Gasteiger partial charge in [-0.15, -0.1) is 0 Å². The Morgan fingerprint density at radius 2 is 2.40 bits per heavy atom. The third-order valence-corrected chi connectivity index (χ3v) is 3.30. The smallest absolute Gasteiger partial charge is 0.139 e. The number of fused-ring (bicyclic) bond motifs is 1. The maximum Gasteiger partial charge on any atom is 0.139 e. The summed E-state index contributed by atoms with van der Waals surface area (Å²) < 4.78 is 5.63. The molecule has 0 aromatic carbocycles. The Kier molecular flexibility index (Phi) is 2.29. The van der Waals surface area contributed by atoms with Gasteiger partial charge in [0.2, 0.25) is 0 Å². The lowest BCUT2D eigenvalue weighted by Gasteiger charge is -2.14. The summed E-state index contributed by atoms with van der Waals surface area (Å²) >= 11 is 5.81. The number of nitrogens with zero attached hydrogens (tertiary/aromatic N) is 1. The number of rotatable bonds is 3. The predicted octanol–water partition coefficient (Wildman–Crippen LogP) is 1.86. The highest BCUT2D eigenvalue weighted by Crippen LogP contribution is 2.40. The summed E-state index contributed by atoms with van der Waals surface area (Å²) in [7, 11) is 0. The Hall–Kier alpha value is -0.800. The Bertz CT molecular complexity index is 361. The Morgan fingerprint density at radius 3 is 3.13 bits per heavy atom. The summed E-state index contributed by atoms with van der Waals surface area (Å²) in [5, 5.41) is 4.15. The van der Waals surface area contributed by atoms with Gasteiger partial charge < -0.3 is 10.1 Å². The van der Waals surface area contributed by atoms with Gasteiger partial charge in [-0.2, -0.15) is 0 Å². The Balaban J connectivity index is 1.53. The van der Waals surface area contributed by atoms with Crippen molar-refractivity contribution in [1.82, 2.24) is 10.3 Å². The molecule has 3 nitrogen and oxygen atoms in total. The van der Waals surface area contributed by atoms with Crippen molar-refractivity contribution in [3.05, 3.63) is 23.5 Å². The second-order valence-corrected chi connectivity index (χ2v) is 4.79. The van der Waals surface area contributed by atoms with E-state index in [1.54, 1.807) is 18.5 Å². The van der Waals surface area contributed by atoms with Crippen LogP contribution in [0.5, 0.6) is 5.75 Å². The van der Waals surface area contributed by atoms with Crippen LogP contribution in [0.1, 0.15) is 12.8 Å². The van der Waals surface area contributed by atoms with Crippen molar-refractivity contribution in [3.63, 3.8) is 0 Å². The van der Waals surface area contributed by atoms with Gasteiger partial charge >= 0.3 is 0 Å². The van der Waals surface area contributed by atoms with Crippen LogP contribution in [-0.2, 0) is 0 Å². The zero-order valence-corrected chi connectivity index (χ0v) is 9.07. The number of nitrogens with one attached hydrogen (secondary N) is 1. The van der Waals surface area contributed by atoms with Gasteiger partial charge in [-0.05, 0) is 18.8 Å². The molecule has 1 aliphatic heterocycles. The number of halogens is 1. The first-order chi connectivity index (χ1) is 7.31. The molecule has 0 spiro atoms.